The predicted octanol–water partition coefficient (Wildman–Crippen LogP) is 3.05. The lowest BCUT2D eigenvalue weighted by Crippen LogP contribution is -2.33. The number of hydrogen-bond acceptors (Lipinski definition) is 7. The van der Waals surface area contributed by atoms with Gasteiger partial charge in [0, 0.05) is 11.1 Å². The maximum atomic E-state index is 13.5. The molecular weight excluding hydrogens is 505 g/mol. The van der Waals surface area contributed by atoms with Gasteiger partial charge in [-0.05, 0) is 48.0 Å². The number of halogens is 1. The average molecular weight is 528 g/mol. The number of hydrogen-bond donors (Lipinski definition) is 2. The fourth-order valence-electron chi connectivity index (χ4n) is 4.00. The molecule has 2 heterocycles. The van der Waals surface area contributed by atoms with E-state index < -0.39 is 34.4 Å². The van der Waals surface area contributed by atoms with Crippen LogP contribution >= 0.6 is 0 Å². The van der Waals surface area contributed by atoms with Gasteiger partial charge in [0.2, 0.25) is 10.0 Å². The minimum absolute atomic E-state index is 0.0370. The van der Waals surface area contributed by atoms with Gasteiger partial charge in [0.15, 0.2) is 0 Å². The second-order valence-corrected chi connectivity index (χ2v) is 9.98. The molecule has 4 aromatic rings. The van der Waals surface area contributed by atoms with Gasteiger partial charge in [0.25, 0.3) is 0 Å². The summed E-state index contributed by atoms with van der Waals surface area (Å²) in [6.07, 6.45) is 2.34. The van der Waals surface area contributed by atoms with Crippen molar-refractivity contribution in [3.8, 4) is 22.4 Å². The average Bonchev–Trinajstić information content (AvgIpc) is 3.24. The van der Waals surface area contributed by atoms with E-state index in [4.69, 9.17) is 4.74 Å². The van der Waals surface area contributed by atoms with Gasteiger partial charge in [-0.15, -0.1) is 0 Å². The number of rotatable bonds is 8. The quantitative estimate of drug-likeness (QED) is 0.334. The van der Waals surface area contributed by atoms with E-state index in [1.807, 2.05) is 0 Å². The van der Waals surface area contributed by atoms with Crippen LogP contribution in [0.3, 0.4) is 0 Å². The largest absolute Gasteiger partial charge is 0.478 e. The Labute approximate surface area is 211 Å². The topological polar surface area (TPSA) is 139 Å². The lowest BCUT2D eigenvalue weighted by Gasteiger charge is -2.24. The lowest BCUT2D eigenvalue weighted by atomic mass is 10.0. The molecule has 0 spiro atoms. The number of esters is 1. The summed E-state index contributed by atoms with van der Waals surface area (Å²) in [6, 6.07) is 12.7. The number of carboxylic acids is 1. The molecule has 0 aliphatic rings. The number of fused-ring (bicyclic) bond motifs is 1. The third-order valence-electron chi connectivity index (χ3n) is 5.65. The van der Waals surface area contributed by atoms with Gasteiger partial charge in [-0.1, -0.05) is 12.1 Å². The van der Waals surface area contributed by atoms with Crippen LogP contribution in [0, 0.1) is 5.82 Å². The summed E-state index contributed by atoms with van der Waals surface area (Å²) in [5.74, 6) is -2.40. The first-order chi connectivity index (χ1) is 17.5. The molecule has 12 heteroatoms. The normalized spacial score (nSPS) is 11.5. The van der Waals surface area contributed by atoms with Crippen LogP contribution in [0.2, 0.25) is 0 Å². The number of carbonyl (C=O) groups is 2. The van der Waals surface area contributed by atoms with Crippen LogP contribution in [0.25, 0.3) is 27.9 Å². The molecule has 0 unspecified atom stereocenters. The molecule has 37 heavy (non-hydrogen) atoms. The number of aromatic nitrogens is 2. The molecule has 0 amide bonds. The van der Waals surface area contributed by atoms with Crippen molar-refractivity contribution < 1.29 is 37.3 Å². The molecular formula is C25H22FN3O7S. The van der Waals surface area contributed by atoms with Gasteiger partial charge in [-0.3, -0.25) is 4.31 Å². The number of benzene rings is 2. The third kappa shape index (κ3) is 5.01. The van der Waals surface area contributed by atoms with E-state index in [2.05, 4.69) is 5.10 Å². The van der Waals surface area contributed by atoms with E-state index >= 15 is 0 Å². The van der Waals surface area contributed by atoms with Gasteiger partial charge in [-0.2, -0.15) is 5.10 Å². The van der Waals surface area contributed by atoms with Crippen molar-refractivity contribution >= 4 is 33.2 Å². The van der Waals surface area contributed by atoms with Crippen LogP contribution in [0.5, 0.6) is 0 Å². The number of pyridine rings is 1. The van der Waals surface area contributed by atoms with E-state index in [-0.39, 0.29) is 40.1 Å². The van der Waals surface area contributed by atoms with Crippen molar-refractivity contribution in [2.45, 2.75) is 0 Å². The molecule has 0 aliphatic carbocycles. The molecule has 0 radical (unpaired) electrons. The zero-order valence-electron chi connectivity index (χ0n) is 19.8. The van der Waals surface area contributed by atoms with Crippen molar-refractivity contribution in [2.24, 2.45) is 0 Å². The Bertz CT molecular complexity index is 1620. The Morgan fingerprint density at radius 1 is 1.11 bits per heavy atom. The van der Waals surface area contributed by atoms with Crippen LogP contribution in [0.4, 0.5) is 10.1 Å². The van der Waals surface area contributed by atoms with Crippen LogP contribution in [-0.4, -0.2) is 66.7 Å². The Morgan fingerprint density at radius 3 is 2.41 bits per heavy atom. The van der Waals surface area contributed by atoms with Crippen molar-refractivity contribution in [3.05, 3.63) is 77.7 Å². The Hall–Kier alpha value is -4.29. The SMILES string of the molecule is COC(=O)c1c(-c2ccc(F)cc2)nn2cc(N(CCO)S(C)(=O)=O)c(-c3cccc(C(=O)O)c3)cc12. The molecule has 0 saturated carbocycles. The summed E-state index contributed by atoms with van der Waals surface area (Å²) in [5.41, 5.74) is 1.54. The first-order valence-corrected chi connectivity index (χ1v) is 12.7. The maximum absolute atomic E-state index is 13.5. The highest BCUT2D eigenvalue weighted by atomic mass is 32.2. The van der Waals surface area contributed by atoms with E-state index in [0.29, 0.717) is 11.1 Å². The molecule has 0 bridgehead atoms. The first-order valence-electron chi connectivity index (χ1n) is 10.9. The monoisotopic (exact) mass is 527 g/mol. The number of ether oxygens (including phenoxy) is 1. The zero-order valence-corrected chi connectivity index (χ0v) is 20.6. The second kappa shape index (κ2) is 9.99. The molecule has 0 aliphatic heterocycles. The van der Waals surface area contributed by atoms with Crippen molar-refractivity contribution in [2.75, 3.05) is 30.8 Å². The highest BCUT2D eigenvalue weighted by Crippen LogP contribution is 2.37. The summed E-state index contributed by atoms with van der Waals surface area (Å²) in [4.78, 5) is 24.5. The fraction of sp³-hybridized carbons (Fsp3) is 0.160. The maximum Gasteiger partial charge on any atom is 0.342 e. The molecule has 2 aromatic heterocycles. The van der Waals surface area contributed by atoms with Gasteiger partial charge in [0.1, 0.15) is 17.1 Å². The smallest absolute Gasteiger partial charge is 0.342 e. The second-order valence-electron chi connectivity index (χ2n) is 8.07. The third-order valence-corrected chi connectivity index (χ3v) is 6.83. The summed E-state index contributed by atoms with van der Waals surface area (Å²) < 4.78 is 46.1. The number of carboxylic acid groups (broad SMARTS) is 1. The summed E-state index contributed by atoms with van der Waals surface area (Å²) in [6.45, 7) is -0.779. The number of anilines is 1. The number of methoxy groups -OCH3 is 1. The highest BCUT2D eigenvalue weighted by Gasteiger charge is 2.27. The summed E-state index contributed by atoms with van der Waals surface area (Å²) in [7, 11) is -2.71. The molecule has 2 aromatic carbocycles. The van der Waals surface area contributed by atoms with Crippen LogP contribution in [0.1, 0.15) is 20.7 Å². The minimum atomic E-state index is -3.90. The van der Waals surface area contributed by atoms with E-state index in [9.17, 15) is 32.6 Å². The lowest BCUT2D eigenvalue weighted by molar-refractivity contribution is 0.0602. The Morgan fingerprint density at radius 2 is 1.81 bits per heavy atom. The number of nitrogens with zero attached hydrogens (tertiary/aromatic N) is 3. The standard InChI is InChI=1S/C25H22FN3O7S/c1-36-25(33)22-20-13-19(16-4-3-5-17(12-16)24(31)32)21(29(10-11-30)37(2,34)35)14-28(20)27-23(22)15-6-8-18(26)9-7-15/h3-9,12-14,30H,10-11H2,1-2H3,(H,31,32). The molecule has 2 N–H and O–H groups in total. The van der Waals surface area contributed by atoms with E-state index in [1.165, 1.54) is 66.4 Å². The van der Waals surface area contributed by atoms with Gasteiger partial charge in [0.05, 0.1) is 49.5 Å². The van der Waals surface area contributed by atoms with Crippen molar-refractivity contribution in [1.29, 1.82) is 0 Å². The summed E-state index contributed by atoms with van der Waals surface area (Å²) >= 11 is 0. The zero-order chi connectivity index (χ0) is 26.9. The molecule has 0 saturated heterocycles. The van der Waals surface area contributed by atoms with Gasteiger partial charge in [-0.25, -0.2) is 26.9 Å². The van der Waals surface area contributed by atoms with E-state index in [1.54, 1.807) is 6.07 Å². The Kier molecular flexibility index (Phi) is 6.96. The number of aliphatic hydroxyl groups excluding tert-OH is 1. The molecule has 0 atom stereocenters. The fourth-order valence-corrected chi connectivity index (χ4v) is 4.91. The van der Waals surface area contributed by atoms with Gasteiger partial charge < -0.3 is 14.9 Å². The van der Waals surface area contributed by atoms with Crippen LogP contribution in [-0.2, 0) is 14.8 Å². The predicted molar refractivity (Wildman–Crippen MR) is 134 cm³/mol. The Balaban J connectivity index is 2.11. The number of aromatic carboxylic acids is 1. The molecule has 4 rings (SSSR count). The van der Waals surface area contributed by atoms with Crippen molar-refractivity contribution in [1.82, 2.24) is 9.61 Å². The number of carbonyl (C=O) groups excluding carboxylic acids is 1. The molecule has 0 fully saturated rings. The summed E-state index contributed by atoms with van der Waals surface area (Å²) in [5, 5.41) is 23.5. The number of sulfonamides is 1. The number of aliphatic hydroxyl groups is 1. The van der Waals surface area contributed by atoms with E-state index in [0.717, 1.165) is 10.6 Å². The molecule has 10 nitrogen and oxygen atoms in total. The van der Waals surface area contributed by atoms with Crippen LogP contribution in [0.15, 0.2) is 60.8 Å². The van der Waals surface area contributed by atoms with Crippen LogP contribution < -0.4 is 4.31 Å². The first kappa shape index (κ1) is 25.8. The van der Waals surface area contributed by atoms with Crippen molar-refractivity contribution in [3.63, 3.8) is 0 Å². The molecule has 192 valence electrons. The van der Waals surface area contributed by atoms with Gasteiger partial charge >= 0.3 is 11.9 Å². The minimum Gasteiger partial charge on any atom is -0.478 e. The highest BCUT2D eigenvalue weighted by molar-refractivity contribution is 7.92.